The summed E-state index contributed by atoms with van der Waals surface area (Å²) in [4.78, 5) is 42.8. The predicted octanol–water partition coefficient (Wildman–Crippen LogP) is 3.94. The zero-order valence-electron chi connectivity index (χ0n) is 16.3. The SMILES string of the molecule is CCC1CCCCN1C(=O)c1cncc(C(=O)Nc2ccc(C(C)=O)cc2)c1. The van der Waals surface area contributed by atoms with Gasteiger partial charge in [0.15, 0.2) is 5.78 Å². The van der Waals surface area contributed by atoms with Crippen LogP contribution in [0.25, 0.3) is 0 Å². The molecule has 0 aliphatic carbocycles. The molecule has 0 spiro atoms. The Hall–Kier alpha value is -3.02. The summed E-state index contributed by atoms with van der Waals surface area (Å²) in [6, 6.07) is 8.52. The molecule has 1 aromatic heterocycles. The Bertz CT molecular complexity index is 877. The first-order valence-corrected chi connectivity index (χ1v) is 9.68. The second-order valence-electron chi connectivity index (χ2n) is 7.11. The first-order valence-electron chi connectivity index (χ1n) is 9.68. The molecule has 1 unspecified atom stereocenters. The number of likely N-dealkylation sites (tertiary alicyclic amines) is 1. The Morgan fingerprint density at radius 1 is 1.07 bits per heavy atom. The molecule has 6 nitrogen and oxygen atoms in total. The van der Waals surface area contributed by atoms with Gasteiger partial charge in [0.1, 0.15) is 0 Å². The Labute approximate surface area is 165 Å². The van der Waals surface area contributed by atoms with Crippen LogP contribution in [-0.2, 0) is 0 Å². The van der Waals surface area contributed by atoms with Gasteiger partial charge in [0.25, 0.3) is 11.8 Å². The van der Waals surface area contributed by atoms with Gasteiger partial charge in [0.05, 0.1) is 11.1 Å². The third kappa shape index (κ3) is 4.44. The van der Waals surface area contributed by atoms with Gasteiger partial charge in [0, 0.05) is 36.2 Å². The lowest BCUT2D eigenvalue weighted by Gasteiger charge is -2.35. The summed E-state index contributed by atoms with van der Waals surface area (Å²) in [5.41, 5.74) is 1.92. The summed E-state index contributed by atoms with van der Waals surface area (Å²) >= 11 is 0. The highest BCUT2D eigenvalue weighted by Crippen LogP contribution is 2.22. The molecular weight excluding hydrogens is 354 g/mol. The van der Waals surface area contributed by atoms with E-state index in [1.54, 1.807) is 30.3 Å². The molecule has 2 amide bonds. The van der Waals surface area contributed by atoms with Gasteiger partial charge < -0.3 is 10.2 Å². The average molecular weight is 379 g/mol. The summed E-state index contributed by atoms with van der Waals surface area (Å²) in [6.45, 7) is 4.33. The lowest BCUT2D eigenvalue weighted by molar-refractivity contribution is 0.0607. The number of piperidine rings is 1. The second kappa shape index (κ2) is 8.78. The Morgan fingerprint density at radius 3 is 2.46 bits per heavy atom. The normalized spacial score (nSPS) is 16.5. The zero-order chi connectivity index (χ0) is 20.1. The number of aromatic nitrogens is 1. The van der Waals surface area contributed by atoms with E-state index in [2.05, 4.69) is 17.2 Å². The van der Waals surface area contributed by atoms with E-state index >= 15 is 0 Å². The van der Waals surface area contributed by atoms with Crippen molar-refractivity contribution in [1.29, 1.82) is 0 Å². The van der Waals surface area contributed by atoms with Crippen LogP contribution in [0.3, 0.4) is 0 Å². The van der Waals surface area contributed by atoms with Crippen LogP contribution < -0.4 is 5.32 Å². The lowest BCUT2D eigenvalue weighted by atomic mass is 9.99. The van der Waals surface area contributed by atoms with Gasteiger partial charge >= 0.3 is 0 Å². The summed E-state index contributed by atoms with van der Waals surface area (Å²) in [6.07, 6.45) is 7.06. The number of benzene rings is 1. The molecule has 1 N–H and O–H groups in total. The van der Waals surface area contributed by atoms with Crippen LogP contribution in [0.5, 0.6) is 0 Å². The van der Waals surface area contributed by atoms with Crippen LogP contribution in [0, 0.1) is 0 Å². The molecule has 2 heterocycles. The molecule has 0 bridgehead atoms. The molecule has 1 saturated heterocycles. The van der Waals surface area contributed by atoms with E-state index < -0.39 is 0 Å². The van der Waals surface area contributed by atoms with Crippen LogP contribution in [-0.4, -0.2) is 40.1 Å². The van der Waals surface area contributed by atoms with Crippen LogP contribution in [0.1, 0.15) is 70.6 Å². The maximum atomic E-state index is 12.9. The number of hydrogen-bond acceptors (Lipinski definition) is 4. The number of pyridine rings is 1. The quantitative estimate of drug-likeness (QED) is 0.798. The smallest absolute Gasteiger partial charge is 0.257 e. The average Bonchev–Trinajstić information content (AvgIpc) is 2.73. The molecule has 28 heavy (non-hydrogen) atoms. The van der Waals surface area contributed by atoms with E-state index in [0.29, 0.717) is 22.4 Å². The van der Waals surface area contributed by atoms with Crippen molar-refractivity contribution < 1.29 is 14.4 Å². The van der Waals surface area contributed by atoms with E-state index in [0.717, 1.165) is 32.2 Å². The Morgan fingerprint density at radius 2 is 1.79 bits per heavy atom. The number of rotatable bonds is 5. The molecule has 1 aromatic carbocycles. The standard InChI is InChI=1S/C22H25N3O3/c1-3-20-6-4-5-11-25(20)22(28)18-12-17(13-23-14-18)21(27)24-19-9-7-16(8-10-19)15(2)26/h7-10,12-14,20H,3-6,11H2,1-2H3,(H,24,27). The van der Waals surface area contributed by atoms with Gasteiger partial charge in [-0.05, 0) is 62.9 Å². The van der Waals surface area contributed by atoms with Crippen molar-refractivity contribution in [2.45, 2.75) is 45.6 Å². The van der Waals surface area contributed by atoms with Crippen LogP contribution in [0.15, 0.2) is 42.7 Å². The van der Waals surface area contributed by atoms with Crippen molar-refractivity contribution in [2.24, 2.45) is 0 Å². The third-order valence-electron chi connectivity index (χ3n) is 5.16. The number of nitrogens with one attached hydrogen (secondary N) is 1. The fourth-order valence-corrected chi connectivity index (χ4v) is 3.53. The van der Waals surface area contributed by atoms with Gasteiger partial charge in [-0.2, -0.15) is 0 Å². The summed E-state index contributed by atoms with van der Waals surface area (Å²) in [5, 5.41) is 2.77. The van der Waals surface area contributed by atoms with E-state index in [9.17, 15) is 14.4 Å². The van der Waals surface area contributed by atoms with E-state index in [1.165, 1.54) is 19.3 Å². The number of carbonyl (C=O) groups is 3. The second-order valence-corrected chi connectivity index (χ2v) is 7.11. The minimum absolute atomic E-state index is 0.0311. The van der Waals surface area contributed by atoms with E-state index in [1.807, 2.05) is 4.90 Å². The zero-order valence-corrected chi connectivity index (χ0v) is 16.3. The van der Waals surface area contributed by atoms with Crippen molar-refractivity contribution in [3.8, 4) is 0 Å². The monoisotopic (exact) mass is 379 g/mol. The van der Waals surface area contributed by atoms with Gasteiger partial charge in [0.2, 0.25) is 0 Å². The van der Waals surface area contributed by atoms with Crippen LogP contribution >= 0.6 is 0 Å². The number of ketones is 1. The minimum atomic E-state index is -0.344. The van der Waals surface area contributed by atoms with Gasteiger partial charge in [-0.1, -0.05) is 6.92 Å². The van der Waals surface area contributed by atoms with Gasteiger partial charge in [-0.25, -0.2) is 0 Å². The van der Waals surface area contributed by atoms with Crippen molar-refractivity contribution >= 4 is 23.3 Å². The number of nitrogens with zero attached hydrogens (tertiary/aromatic N) is 2. The molecule has 1 fully saturated rings. The maximum Gasteiger partial charge on any atom is 0.257 e. The molecular formula is C22H25N3O3. The predicted molar refractivity (Wildman–Crippen MR) is 108 cm³/mol. The highest BCUT2D eigenvalue weighted by atomic mass is 16.2. The number of carbonyl (C=O) groups excluding carboxylic acids is 3. The molecule has 1 atom stereocenters. The molecule has 0 saturated carbocycles. The Kier molecular flexibility index (Phi) is 6.19. The largest absolute Gasteiger partial charge is 0.336 e. The van der Waals surface area contributed by atoms with Crippen molar-refractivity contribution in [3.63, 3.8) is 0 Å². The van der Waals surface area contributed by atoms with Crippen molar-refractivity contribution in [2.75, 3.05) is 11.9 Å². The van der Waals surface area contributed by atoms with Gasteiger partial charge in [-0.15, -0.1) is 0 Å². The number of anilines is 1. The molecule has 146 valence electrons. The fourth-order valence-electron chi connectivity index (χ4n) is 3.53. The number of hydrogen-bond donors (Lipinski definition) is 1. The van der Waals surface area contributed by atoms with E-state index in [4.69, 9.17) is 0 Å². The van der Waals surface area contributed by atoms with Crippen LogP contribution in [0.2, 0.25) is 0 Å². The van der Waals surface area contributed by atoms with E-state index in [-0.39, 0.29) is 23.6 Å². The maximum absolute atomic E-state index is 12.9. The molecule has 2 aromatic rings. The molecule has 3 rings (SSSR count). The molecule has 1 aliphatic rings. The lowest BCUT2D eigenvalue weighted by Crippen LogP contribution is -2.43. The first kappa shape index (κ1) is 19.7. The number of amides is 2. The summed E-state index contributed by atoms with van der Waals surface area (Å²) in [5.74, 6) is -0.445. The Balaban J connectivity index is 1.74. The summed E-state index contributed by atoms with van der Waals surface area (Å²) in [7, 11) is 0. The fraction of sp³-hybridized carbons (Fsp3) is 0.364. The number of Topliss-reactive ketones (excluding diaryl/α,β-unsaturated/α-hetero) is 1. The third-order valence-corrected chi connectivity index (χ3v) is 5.16. The first-order chi connectivity index (χ1) is 13.5. The van der Waals surface area contributed by atoms with Crippen LogP contribution in [0.4, 0.5) is 5.69 Å². The highest BCUT2D eigenvalue weighted by molar-refractivity contribution is 6.06. The van der Waals surface area contributed by atoms with Gasteiger partial charge in [-0.3, -0.25) is 19.4 Å². The molecule has 0 radical (unpaired) electrons. The van der Waals surface area contributed by atoms with Crippen molar-refractivity contribution in [3.05, 3.63) is 59.4 Å². The minimum Gasteiger partial charge on any atom is -0.336 e. The summed E-state index contributed by atoms with van der Waals surface area (Å²) < 4.78 is 0. The topological polar surface area (TPSA) is 79.4 Å². The molecule has 6 heteroatoms. The highest BCUT2D eigenvalue weighted by Gasteiger charge is 2.26. The van der Waals surface area contributed by atoms with Crippen molar-refractivity contribution in [1.82, 2.24) is 9.88 Å². The molecule has 1 aliphatic heterocycles.